The molecule has 0 saturated heterocycles. The van der Waals surface area contributed by atoms with E-state index in [1.807, 2.05) is 43.3 Å². The van der Waals surface area contributed by atoms with E-state index in [9.17, 15) is 14.4 Å². The molecule has 0 aliphatic carbocycles. The fourth-order valence-electron chi connectivity index (χ4n) is 3.35. The molecule has 2 amide bonds. The predicted molar refractivity (Wildman–Crippen MR) is 122 cm³/mol. The molecule has 0 spiro atoms. The highest BCUT2D eigenvalue weighted by Crippen LogP contribution is 2.31. The van der Waals surface area contributed by atoms with Crippen LogP contribution < -0.4 is 16.2 Å². The number of para-hydroxylation sites is 1. The highest BCUT2D eigenvalue weighted by atomic mass is 35.5. The number of benzene rings is 2. The third kappa shape index (κ3) is 4.81. The lowest BCUT2D eigenvalue weighted by molar-refractivity contribution is -0.123. The van der Waals surface area contributed by atoms with E-state index in [4.69, 9.17) is 11.6 Å². The molecule has 2 heterocycles. The van der Waals surface area contributed by atoms with Crippen molar-refractivity contribution in [3.8, 4) is 0 Å². The maximum absolute atomic E-state index is 12.9. The molecule has 158 valence electrons. The first-order valence-electron chi connectivity index (χ1n) is 9.58. The van der Waals surface area contributed by atoms with Crippen LogP contribution in [0.4, 0.5) is 11.5 Å². The number of nitrogens with zero attached hydrogens (tertiary/aromatic N) is 1. The van der Waals surface area contributed by atoms with Gasteiger partial charge in [-0.05, 0) is 36.2 Å². The van der Waals surface area contributed by atoms with Crippen molar-refractivity contribution in [2.45, 2.75) is 30.2 Å². The van der Waals surface area contributed by atoms with Gasteiger partial charge in [0.05, 0.1) is 11.5 Å². The van der Waals surface area contributed by atoms with E-state index in [1.54, 1.807) is 12.1 Å². The largest absolute Gasteiger partial charge is 0.325 e. The number of carbonyl (C=O) groups is 2. The molecule has 3 aromatic rings. The van der Waals surface area contributed by atoms with E-state index in [0.29, 0.717) is 21.6 Å². The van der Waals surface area contributed by atoms with Gasteiger partial charge in [0.15, 0.2) is 5.16 Å². The summed E-state index contributed by atoms with van der Waals surface area (Å²) < 4.78 is 0. The zero-order valence-electron chi connectivity index (χ0n) is 16.6. The summed E-state index contributed by atoms with van der Waals surface area (Å²) in [5, 5.41) is 6.42. The van der Waals surface area contributed by atoms with Crippen LogP contribution in [0.5, 0.6) is 0 Å². The Kier molecular flexibility index (Phi) is 6.11. The summed E-state index contributed by atoms with van der Waals surface area (Å²) >= 11 is 7.32. The number of fused-ring (bicyclic) bond motifs is 1. The van der Waals surface area contributed by atoms with E-state index in [0.717, 1.165) is 11.1 Å². The number of aromatic amines is 1. The average molecular weight is 455 g/mol. The SMILES string of the molecule is Cc1ccccc1NC(=O)[C@@H]1CC(=O)Nc2nc(SCc3cccc(Cl)c3)[nH]c(=O)c21. The molecule has 3 N–H and O–H groups in total. The van der Waals surface area contributed by atoms with E-state index < -0.39 is 17.4 Å². The van der Waals surface area contributed by atoms with Crippen molar-refractivity contribution >= 4 is 46.7 Å². The Balaban J connectivity index is 1.58. The summed E-state index contributed by atoms with van der Waals surface area (Å²) in [6, 6.07) is 14.7. The van der Waals surface area contributed by atoms with Crippen LogP contribution >= 0.6 is 23.4 Å². The third-order valence-electron chi connectivity index (χ3n) is 4.91. The molecule has 0 bridgehead atoms. The number of aromatic nitrogens is 2. The minimum absolute atomic E-state index is 0.121. The van der Waals surface area contributed by atoms with Crippen LogP contribution in [0.25, 0.3) is 0 Å². The van der Waals surface area contributed by atoms with Crippen molar-refractivity contribution in [2.24, 2.45) is 0 Å². The summed E-state index contributed by atoms with van der Waals surface area (Å²) in [7, 11) is 0. The smallest absolute Gasteiger partial charge is 0.257 e. The highest BCUT2D eigenvalue weighted by molar-refractivity contribution is 7.98. The molecule has 1 aliphatic rings. The molecule has 0 radical (unpaired) electrons. The number of hydrogen-bond acceptors (Lipinski definition) is 5. The zero-order valence-corrected chi connectivity index (χ0v) is 18.1. The number of anilines is 2. The quantitative estimate of drug-likeness (QED) is 0.398. The minimum Gasteiger partial charge on any atom is -0.325 e. The van der Waals surface area contributed by atoms with Crippen molar-refractivity contribution in [3.05, 3.63) is 80.6 Å². The Hall–Kier alpha value is -3.10. The molecule has 9 heteroatoms. The summed E-state index contributed by atoms with van der Waals surface area (Å²) in [5.74, 6) is -1.04. The number of halogens is 1. The molecule has 4 rings (SSSR count). The van der Waals surface area contributed by atoms with Gasteiger partial charge in [-0.15, -0.1) is 0 Å². The van der Waals surface area contributed by atoms with Crippen molar-refractivity contribution in [2.75, 3.05) is 10.6 Å². The molecule has 1 atom stereocenters. The standard InChI is InChI=1S/C22H19ClN4O3S/c1-12-5-2-3-8-16(12)24-20(29)15-10-17(28)25-19-18(15)21(30)27-22(26-19)31-11-13-6-4-7-14(23)9-13/h2-9,15H,10-11H2,1H3,(H,24,29)(H2,25,26,27,28,30)/t15-/m1/s1. The normalized spacial score (nSPS) is 15.2. The molecule has 31 heavy (non-hydrogen) atoms. The number of rotatable bonds is 5. The van der Waals surface area contributed by atoms with E-state index in [-0.39, 0.29) is 23.7 Å². The lowest BCUT2D eigenvalue weighted by atomic mass is 9.92. The Morgan fingerprint density at radius 3 is 2.81 bits per heavy atom. The van der Waals surface area contributed by atoms with E-state index in [1.165, 1.54) is 11.8 Å². The number of carbonyl (C=O) groups excluding carboxylic acids is 2. The van der Waals surface area contributed by atoms with Crippen LogP contribution in [0, 0.1) is 6.92 Å². The van der Waals surface area contributed by atoms with Gasteiger partial charge in [-0.1, -0.05) is 53.7 Å². The van der Waals surface area contributed by atoms with Crippen LogP contribution in [-0.2, 0) is 15.3 Å². The average Bonchev–Trinajstić information content (AvgIpc) is 2.73. The first-order valence-corrected chi connectivity index (χ1v) is 10.9. The minimum atomic E-state index is -0.924. The summed E-state index contributed by atoms with van der Waals surface area (Å²) in [4.78, 5) is 45.1. The number of nitrogens with one attached hydrogen (secondary N) is 3. The number of amides is 2. The summed E-state index contributed by atoms with van der Waals surface area (Å²) in [5.41, 5.74) is 2.22. The second-order valence-electron chi connectivity index (χ2n) is 7.16. The number of aryl methyl sites for hydroxylation is 1. The number of hydrogen-bond donors (Lipinski definition) is 3. The number of thioether (sulfide) groups is 1. The molecule has 7 nitrogen and oxygen atoms in total. The second kappa shape index (κ2) is 8.95. The molecule has 0 unspecified atom stereocenters. The van der Waals surface area contributed by atoms with Crippen molar-refractivity contribution in [1.29, 1.82) is 0 Å². The van der Waals surface area contributed by atoms with Crippen molar-refractivity contribution in [3.63, 3.8) is 0 Å². The van der Waals surface area contributed by atoms with Crippen LogP contribution in [0.1, 0.15) is 29.0 Å². The summed E-state index contributed by atoms with van der Waals surface area (Å²) in [6.45, 7) is 1.87. The van der Waals surface area contributed by atoms with Crippen LogP contribution in [-0.4, -0.2) is 21.8 Å². The van der Waals surface area contributed by atoms with Gasteiger partial charge in [0.25, 0.3) is 5.56 Å². The van der Waals surface area contributed by atoms with E-state index >= 15 is 0 Å². The Morgan fingerprint density at radius 1 is 1.23 bits per heavy atom. The third-order valence-corrected chi connectivity index (χ3v) is 6.09. The van der Waals surface area contributed by atoms with Gasteiger partial charge in [-0.3, -0.25) is 14.4 Å². The predicted octanol–water partition coefficient (Wildman–Crippen LogP) is 4.09. The van der Waals surface area contributed by atoms with Crippen molar-refractivity contribution in [1.82, 2.24) is 9.97 Å². The maximum atomic E-state index is 12.9. The molecule has 1 aliphatic heterocycles. The van der Waals surface area contributed by atoms with Crippen LogP contribution in [0.3, 0.4) is 0 Å². The van der Waals surface area contributed by atoms with E-state index in [2.05, 4.69) is 20.6 Å². The first-order chi connectivity index (χ1) is 14.9. The molecule has 0 saturated carbocycles. The van der Waals surface area contributed by atoms with Gasteiger partial charge in [0, 0.05) is 22.9 Å². The fourth-order valence-corrected chi connectivity index (χ4v) is 4.37. The Bertz CT molecular complexity index is 1230. The zero-order chi connectivity index (χ0) is 22.0. The molecular formula is C22H19ClN4O3S. The van der Waals surface area contributed by atoms with Gasteiger partial charge in [-0.25, -0.2) is 4.98 Å². The Morgan fingerprint density at radius 2 is 2.03 bits per heavy atom. The van der Waals surface area contributed by atoms with Gasteiger partial charge < -0.3 is 15.6 Å². The summed E-state index contributed by atoms with van der Waals surface area (Å²) in [6.07, 6.45) is -0.121. The molecular weight excluding hydrogens is 436 g/mol. The Labute approximate surface area is 187 Å². The topological polar surface area (TPSA) is 104 Å². The lowest BCUT2D eigenvalue weighted by Gasteiger charge is -2.23. The molecule has 2 aromatic carbocycles. The van der Waals surface area contributed by atoms with Gasteiger partial charge >= 0.3 is 0 Å². The number of H-pyrrole nitrogens is 1. The van der Waals surface area contributed by atoms with Gasteiger partial charge in [0.2, 0.25) is 11.8 Å². The molecule has 1 aromatic heterocycles. The van der Waals surface area contributed by atoms with Crippen LogP contribution in [0.15, 0.2) is 58.5 Å². The monoisotopic (exact) mass is 454 g/mol. The maximum Gasteiger partial charge on any atom is 0.257 e. The fraction of sp³-hybridized carbons (Fsp3) is 0.182. The van der Waals surface area contributed by atoms with Gasteiger partial charge in [0.1, 0.15) is 5.82 Å². The first kappa shape index (κ1) is 21.1. The second-order valence-corrected chi connectivity index (χ2v) is 8.56. The van der Waals surface area contributed by atoms with Crippen LogP contribution in [0.2, 0.25) is 5.02 Å². The lowest BCUT2D eigenvalue weighted by Crippen LogP contribution is -2.36. The van der Waals surface area contributed by atoms with Crippen molar-refractivity contribution < 1.29 is 9.59 Å². The highest BCUT2D eigenvalue weighted by Gasteiger charge is 2.34. The molecule has 0 fully saturated rings. The van der Waals surface area contributed by atoms with Gasteiger partial charge in [-0.2, -0.15) is 0 Å².